The lowest BCUT2D eigenvalue weighted by Gasteiger charge is -2.16. The molecule has 0 radical (unpaired) electrons. The maximum atomic E-state index is 11.7. The third kappa shape index (κ3) is 5.39. The molecule has 0 aromatic rings. The van der Waals surface area contributed by atoms with E-state index in [0.29, 0.717) is 12.6 Å². The molecule has 0 aromatic carbocycles. The smallest absolute Gasteiger partial charge is 0.261 e. The number of halogens is 2. The van der Waals surface area contributed by atoms with Crippen LogP contribution in [0.2, 0.25) is 0 Å². The van der Waals surface area contributed by atoms with E-state index in [1.54, 1.807) is 0 Å². The molecule has 1 aliphatic heterocycles. The summed E-state index contributed by atoms with van der Waals surface area (Å²) in [5.41, 5.74) is 0. The third-order valence-electron chi connectivity index (χ3n) is 2.56. The quantitative estimate of drug-likeness (QED) is 0.649. The SMILES string of the molecule is CCNC1CCN(CCOCC(F)F)C1. The number of hydrogen-bond acceptors (Lipinski definition) is 3. The van der Waals surface area contributed by atoms with Gasteiger partial charge >= 0.3 is 0 Å². The van der Waals surface area contributed by atoms with Gasteiger partial charge in [-0.3, -0.25) is 4.90 Å². The van der Waals surface area contributed by atoms with Crippen molar-refractivity contribution in [3.8, 4) is 0 Å². The van der Waals surface area contributed by atoms with Gasteiger partial charge in [-0.2, -0.15) is 0 Å². The van der Waals surface area contributed by atoms with Gasteiger partial charge in [-0.15, -0.1) is 0 Å². The molecule has 0 bridgehead atoms. The summed E-state index contributed by atoms with van der Waals surface area (Å²) < 4.78 is 28.3. The molecule has 0 aromatic heterocycles. The molecule has 1 atom stereocenters. The summed E-state index contributed by atoms with van der Waals surface area (Å²) in [7, 11) is 0. The number of ether oxygens (including phenoxy) is 1. The first-order valence-electron chi connectivity index (χ1n) is 5.54. The van der Waals surface area contributed by atoms with Crippen molar-refractivity contribution in [1.82, 2.24) is 10.2 Å². The minimum atomic E-state index is -2.35. The average molecular weight is 222 g/mol. The molecule has 1 heterocycles. The molecule has 90 valence electrons. The van der Waals surface area contributed by atoms with Gasteiger partial charge in [-0.25, -0.2) is 8.78 Å². The molecule has 1 aliphatic rings. The fraction of sp³-hybridized carbons (Fsp3) is 1.00. The van der Waals surface area contributed by atoms with Gasteiger partial charge < -0.3 is 10.1 Å². The predicted octanol–water partition coefficient (Wildman–Crippen LogP) is 0.952. The highest BCUT2D eigenvalue weighted by Gasteiger charge is 2.20. The standard InChI is InChI=1S/C10H20F2N2O/c1-2-13-9-3-4-14(7-9)5-6-15-8-10(11)12/h9-10,13H,2-8H2,1H3. The predicted molar refractivity (Wildman–Crippen MR) is 55.3 cm³/mol. The zero-order valence-electron chi connectivity index (χ0n) is 9.22. The molecule has 0 saturated carbocycles. The monoisotopic (exact) mass is 222 g/mol. The van der Waals surface area contributed by atoms with Crippen LogP contribution in [-0.2, 0) is 4.74 Å². The fourth-order valence-corrected chi connectivity index (χ4v) is 1.86. The molecule has 0 amide bonds. The normalized spacial score (nSPS) is 22.8. The zero-order chi connectivity index (χ0) is 11.1. The van der Waals surface area contributed by atoms with Crippen LogP contribution in [-0.4, -0.2) is 56.8 Å². The summed E-state index contributed by atoms with van der Waals surface area (Å²) in [6.45, 7) is 5.85. The van der Waals surface area contributed by atoms with Crippen molar-refractivity contribution in [2.24, 2.45) is 0 Å². The van der Waals surface area contributed by atoms with Gasteiger partial charge in [-0.1, -0.05) is 6.92 Å². The van der Waals surface area contributed by atoms with E-state index in [2.05, 4.69) is 17.1 Å². The third-order valence-corrected chi connectivity index (χ3v) is 2.56. The number of rotatable bonds is 7. The van der Waals surface area contributed by atoms with Crippen LogP contribution >= 0.6 is 0 Å². The molecule has 5 heteroatoms. The van der Waals surface area contributed by atoms with Crippen LogP contribution in [0.3, 0.4) is 0 Å². The molecular formula is C10H20F2N2O. The summed E-state index contributed by atoms with van der Waals surface area (Å²) in [4.78, 5) is 2.25. The second kappa shape index (κ2) is 7.09. The van der Waals surface area contributed by atoms with Crippen molar-refractivity contribution in [3.05, 3.63) is 0 Å². The van der Waals surface area contributed by atoms with Gasteiger partial charge in [0.2, 0.25) is 0 Å². The summed E-state index contributed by atoms with van der Waals surface area (Å²) in [5.74, 6) is 0. The molecule has 1 fully saturated rings. The minimum absolute atomic E-state index is 0.406. The highest BCUT2D eigenvalue weighted by Crippen LogP contribution is 2.08. The van der Waals surface area contributed by atoms with Gasteiger partial charge in [0.15, 0.2) is 0 Å². The first-order chi connectivity index (χ1) is 7.22. The largest absolute Gasteiger partial charge is 0.374 e. The van der Waals surface area contributed by atoms with Gasteiger partial charge in [0.25, 0.3) is 6.43 Å². The van der Waals surface area contributed by atoms with Gasteiger partial charge in [0.05, 0.1) is 6.61 Å². The number of likely N-dealkylation sites (tertiary alicyclic amines) is 1. The lowest BCUT2D eigenvalue weighted by Crippen LogP contribution is -2.33. The van der Waals surface area contributed by atoms with Crippen molar-refractivity contribution in [2.75, 3.05) is 39.4 Å². The van der Waals surface area contributed by atoms with E-state index in [-0.39, 0.29) is 0 Å². The summed E-state index contributed by atoms with van der Waals surface area (Å²) in [6.07, 6.45) is -1.21. The lowest BCUT2D eigenvalue weighted by molar-refractivity contribution is 0.0113. The van der Waals surface area contributed by atoms with Gasteiger partial charge in [-0.05, 0) is 19.5 Å². The Balaban J connectivity index is 1.99. The van der Waals surface area contributed by atoms with E-state index in [1.165, 1.54) is 0 Å². The molecule has 0 spiro atoms. The first kappa shape index (κ1) is 12.8. The average Bonchev–Trinajstić information content (AvgIpc) is 2.61. The van der Waals surface area contributed by atoms with Crippen molar-refractivity contribution >= 4 is 0 Å². The molecule has 1 unspecified atom stereocenters. The second-order valence-electron chi connectivity index (χ2n) is 3.81. The summed E-state index contributed by atoms with van der Waals surface area (Å²) >= 11 is 0. The molecule has 1 rings (SSSR count). The highest BCUT2D eigenvalue weighted by molar-refractivity contribution is 4.80. The number of likely N-dealkylation sites (N-methyl/N-ethyl adjacent to an activating group) is 1. The molecule has 15 heavy (non-hydrogen) atoms. The zero-order valence-corrected chi connectivity index (χ0v) is 9.22. The van der Waals surface area contributed by atoms with Crippen LogP contribution in [0.15, 0.2) is 0 Å². The van der Waals surface area contributed by atoms with Crippen LogP contribution in [0.25, 0.3) is 0 Å². The Morgan fingerprint density at radius 2 is 2.33 bits per heavy atom. The van der Waals surface area contributed by atoms with Crippen molar-refractivity contribution in [2.45, 2.75) is 25.8 Å². The van der Waals surface area contributed by atoms with Crippen LogP contribution in [0, 0.1) is 0 Å². The van der Waals surface area contributed by atoms with E-state index >= 15 is 0 Å². The Hall–Kier alpha value is -0.260. The second-order valence-corrected chi connectivity index (χ2v) is 3.81. The Morgan fingerprint density at radius 1 is 1.53 bits per heavy atom. The molecule has 1 saturated heterocycles. The van der Waals surface area contributed by atoms with E-state index in [4.69, 9.17) is 4.74 Å². The van der Waals surface area contributed by atoms with Crippen molar-refractivity contribution in [3.63, 3.8) is 0 Å². The van der Waals surface area contributed by atoms with E-state index < -0.39 is 13.0 Å². The van der Waals surface area contributed by atoms with Crippen molar-refractivity contribution < 1.29 is 13.5 Å². The highest BCUT2D eigenvalue weighted by atomic mass is 19.3. The van der Waals surface area contributed by atoms with Crippen LogP contribution in [0.4, 0.5) is 8.78 Å². The summed E-state index contributed by atoms with van der Waals surface area (Å²) in [5, 5.41) is 3.38. The van der Waals surface area contributed by atoms with E-state index in [1.807, 2.05) is 0 Å². The number of alkyl halides is 2. The Bertz CT molecular complexity index is 170. The van der Waals surface area contributed by atoms with E-state index in [9.17, 15) is 8.78 Å². The molecule has 3 nitrogen and oxygen atoms in total. The first-order valence-corrected chi connectivity index (χ1v) is 5.54. The fourth-order valence-electron chi connectivity index (χ4n) is 1.86. The number of hydrogen-bond donors (Lipinski definition) is 1. The molecular weight excluding hydrogens is 202 g/mol. The Labute approximate surface area is 89.8 Å². The number of nitrogens with one attached hydrogen (secondary N) is 1. The topological polar surface area (TPSA) is 24.5 Å². The maximum Gasteiger partial charge on any atom is 0.261 e. The van der Waals surface area contributed by atoms with Gasteiger partial charge in [0.1, 0.15) is 6.61 Å². The van der Waals surface area contributed by atoms with E-state index in [0.717, 1.165) is 32.6 Å². The Kier molecular flexibility index (Phi) is 6.05. The van der Waals surface area contributed by atoms with Gasteiger partial charge in [0, 0.05) is 19.1 Å². The minimum Gasteiger partial charge on any atom is -0.374 e. The lowest BCUT2D eigenvalue weighted by atomic mass is 10.3. The van der Waals surface area contributed by atoms with Crippen molar-refractivity contribution in [1.29, 1.82) is 0 Å². The number of nitrogens with zero attached hydrogens (tertiary/aromatic N) is 1. The molecule has 1 N–H and O–H groups in total. The molecule has 0 aliphatic carbocycles. The van der Waals surface area contributed by atoms with Crippen LogP contribution < -0.4 is 5.32 Å². The van der Waals surface area contributed by atoms with Crippen LogP contribution in [0.5, 0.6) is 0 Å². The Morgan fingerprint density at radius 3 is 3.00 bits per heavy atom. The maximum absolute atomic E-state index is 11.7. The van der Waals surface area contributed by atoms with Crippen LogP contribution in [0.1, 0.15) is 13.3 Å². The summed E-state index contributed by atoms with van der Waals surface area (Å²) in [6, 6.07) is 0.560.